The standard InChI is InChI=1S/C20H19F3N2O2.ClH/c1-2-27-19(26)18(16-12-24-17-9-4-3-8-15(16)17)25-11-13-6-5-7-14(10-13)20(21,22)23;/h3-10,12,18,24-25H,2,11H2,1H3;1H. The Morgan fingerprint density at radius 1 is 1.18 bits per heavy atom. The van der Waals surface area contributed by atoms with Crippen molar-refractivity contribution in [2.24, 2.45) is 0 Å². The highest BCUT2D eigenvalue weighted by atomic mass is 35.5. The van der Waals surface area contributed by atoms with Crippen LogP contribution in [0.1, 0.15) is 29.7 Å². The average molecular weight is 413 g/mol. The molecule has 0 fully saturated rings. The summed E-state index contributed by atoms with van der Waals surface area (Å²) < 4.78 is 43.8. The number of H-pyrrole nitrogens is 1. The van der Waals surface area contributed by atoms with Gasteiger partial charge in [0.15, 0.2) is 0 Å². The van der Waals surface area contributed by atoms with Crippen LogP contribution in [0, 0.1) is 0 Å². The molecule has 0 radical (unpaired) electrons. The number of carbonyl (C=O) groups excluding carboxylic acids is 1. The van der Waals surface area contributed by atoms with E-state index in [1.807, 2.05) is 24.3 Å². The first-order valence-electron chi connectivity index (χ1n) is 8.52. The minimum Gasteiger partial charge on any atom is -0.465 e. The van der Waals surface area contributed by atoms with Crippen molar-refractivity contribution in [1.29, 1.82) is 0 Å². The van der Waals surface area contributed by atoms with Crippen LogP contribution in [0.15, 0.2) is 54.7 Å². The summed E-state index contributed by atoms with van der Waals surface area (Å²) >= 11 is 0. The van der Waals surface area contributed by atoms with Crippen LogP contribution in [-0.2, 0) is 22.3 Å². The lowest BCUT2D eigenvalue weighted by atomic mass is 10.0. The van der Waals surface area contributed by atoms with Gasteiger partial charge in [-0.2, -0.15) is 13.2 Å². The molecule has 0 aliphatic carbocycles. The third-order valence-electron chi connectivity index (χ3n) is 4.22. The zero-order chi connectivity index (χ0) is 19.4. The smallest absolute Gasteiger partial charge is 0.416 e. The molecular formula is C20H20ClF3N2O2. The van der Waals surface area contributed by atoms with Crippen LogP contribution in [0.2, 0.25) is 0 Å². The Balaban J connectivity index is 0.00000280. The first-order chi connectivity index (χ1) is 12.9. The molecule has 3 rings (SSSR count). The number of fused-ring (bicyclic) bond motifs is 1. The minimum absolute atomic E-state index is 0. The van der Waals surface area contributed by atoms with Crippen molar-refractivity contribution >= 4 is 29.3 Å². The number of hydrogen-bond donors (Lipinski definition) is 2. The SMILES string of the molecule is CCOC(=O)C(NCc1cccc(C(F)(F)F)c1)c1c[nH]c2ccccc12.Cl. The van der Waals surface area contributed by atoms with E-state index in [2.05, 4.69) is 10.3 Å². The van der Waals surface area contributed by atoms with E-state index in [4.69, 9.17) is 4.74 Å². The number of hydrogen-bond acceptors (Lipinski definition) is 3. The quantitative estimate of drug-likeness (QED) is 0.560. The van der Waals surface area contributed by atoms with Crippen LogP contribution in [0.3, 0.4) is 0 Å². The van der Waals surface area contributed by atoms with Crippen LogP contribution in [0.25, 0.3) is 10.9 Å². The normalized spacial score (nSPS) is 12.4. The van der Waals surface area contributed by atoms with E-state index in [0.717, 1.165) is 23.0 Å². The van der Waals surface area contributed by atoms with Crippen molar-refractivity contribution in [1.82, 2.24) is 10.3 Å². The highest BCUT2D eigenvalue weighted by molar-refractivity contribution is 5.89. The molecule has 0 aliphatic rings. The van der Waals surface area contributed by atoms with Gasteiger partial charge in [-0.1, -0.05) is 36.4 Å². The van der Waals surface area contributed by atoms with Crippen molar-refractivity contribution in [2.45, 2.75) is 25.7 Å². The molecule has 1 unspecified atom stereocenters. The van der Waals surface area contributed by atoms with Gasteiger partial charge in [0.1, 0.15) is 6.04 Å². The fraction of sp³-hybridized carbons (Fsp3) is 0.250. The van der Waals surface area contributed by atoms with Crippen molar-refractivity contribution in [3.8, 4) is 0 Å². The number of rotatable bonds is 6. The first kappa shape index (κ1) is 21.8. The summed E-state index contributed by atoms with van der Waals surface area (Å²) in [4.78, 5) is 15.6. The molecular weight excluding hydrogens is 393 g/mol. The molecule has 8 heteroatoms. The summed E-state index contributed by atoms with van der Waals surface area (Å²) in [7, 11) is 0. The summed E-state index contributed by atoms with van der Waals surface area (Å²) in [5, 5.41) is 3.89. The van der Waals surface area contributed by atoms with Crippen LogP contribution in [0.5, 0.6) is 0 Å². The van der Waals surface area contributed by atoms with Gasteiger partial charge in [0.05, 0.1) is 12.2 Å². The summed E-state index contributed by atoms with van der Waals surface area (Å²) in [6, 6.07) is 11.7. The number of alkyl halides is 3. The van der Waals surface area contributed by atoms with Crippen molar-refractivity contribution in [3.05, 3.63) is 71.4 Å². The van der Waals surface area contributed by atoms with E-state index in [0.29, 0.717) is 11.1 Å². The molecule has 1 aromatic heterocycles. The molecule has 0 saturated heterocycles. The lowest BCUT2D eigenvalue weighted by Crippen LogP contribution is -2.30. The molecule has 150 valence electrons. The maximum atomic E-state index is 12.9. The number of esters is 1. The Morgan fingerprint density at radius 2 is 1.93 bits per heavy atom. The van der Waals surface area contributed by atoms with Gasteiger partial charge in [-0.05, 0) is 24.6 Å². The molecule has 28 heavy (non-hydrogen) atoms. The second-order valence-corrected chi connectivity index (χ2v) is 6.05. The van der Waals surface area contributed by atoms with Crippen LogP contribution in [0.4, 0.5) is 13.2 Å². The number of aromatic nitrogens is 1. The molecule has 0 saturated carbocycles. The number of carbonyl (C=O) groups is 1. The number of benzene rings is 2. The first-order valence-corrected chi connectivity index (χ1v) is 8.52. The highest BCUT2D eigenvalue weighted by Gasteiger charge is 2.30. The fourth-order valence-electron chi connectivity index (χ4n) is 2.96. The highest BCUT2D eigenvalue weighted by Crippen LogP contribution is 2.30. The molecule has 0 amide bonds. The second kappa shape index (κ2) is 9.12. The van der Waals surface area contributed by atoms with E-state index >= 15 is 0 Å². The monoisotopic (exact) mass is 412 g/mol. The summed E-state index contributed by atoms with van der Waals surface area (Å²) in [6.07, 6.45) is -2.70. The van der Waals surface area contributed by atoms with Gasteiger partial charge in [0.25, 0.3) is 0 Å². The maximum absolute atomic E-state index is 12.9. The van der Waals surface area contributed by atoms with Crippen LogP contribution in [-0.4, -0.2) is 17.6 Å². The molecule has 0 bridgehead atoms. The average Bonchev–Trinajstić information content (AvgIpc) is 3.06. The van der Waals surface area contributed by atoms with Crippen molar-refractivity contribution < 1.29 is 22.7 Å². The summed E-state index contributed by atoms with van der Waals surface area (Å²) in [5.74, 6) is -0.478. The predicted molar refractivity (Wildman–Crippen MR) is 103 cm³/mol. The van der Waals surface area contributed by atoms with E-state index in [-0.39, 0.29) is 25.6 Å². The molecule has 4 nitrogen and oxygen atoms in total. The fourth-order valence-corrected chi connectivity index (χ4v) is 2.96. The third-order valence-corrected chi connectivity index (χ3v) is 4.22. The van der Waals surface area contributed by atoms with Gasteiger partial charge in [-0.25, -0.2) is 4.79 Å². The largest absolute Gasteiger partial charge is 0.465 e. The molecule has 3 aromatic rings. The number of ether oxygens (including phenoxy) is 1. The molecule has 1 atom stereocenters. The molecule has 0 spiro atoms. The van der Waals surface area contributed by atoms with Gasteiger partial charge in [-0.3, -0.25) is 5.32 Å². The minimum atomic E-state index is -4.41. The van der Waals surface area contributed by atoms with E-state index in [1.165, 1.54) is 6.07 Å². The number of nitrogens with one attached hydrogen (secondary N) is 2. The Hall–Kier alpha value is -2.51. The molecule has 1 heterocycles. The lowest BCUT2D eigenvalue weighted by molar-refractivity contribution is -0.146. The maximum Gasteiger partial charge on any atom is 0.416 e. The number of aromatic amines is 1. The lowest BCUT2D eigenvalue weighted by Gasteiger charge is -2.17. The van der Waals surface area contributed by atoms with Gasteiger partial charge in [0.2, 0.25) is 0 Å². The summed E-state index contributed by atoms with van der Waals surface area (Å²) in [6.45, 7) is 2.01. The molecule has 0 aliphatic heterocycles. The van der Waals surface area contributed by atoms with Crippen molar-refractivity contribution in [2.75, 3.05) is 6.61 Å². The van der Waals surface area contributed by atoms with Gasteiger partial charge < -0.3 is 9.72 Å². The van der Waals surface area contributed by atoms with E-state index < -0.39 is 23.8 Å². The number of halogens is 4. The van der Waals surface area contributed by atoms with Gasteiger partial charge in [-0.15, -0.1) is 12.4 Å². The van der Waals surface area contributed by atoms with Gasteiger partial charge >= 0.3 is 12.1 Å². The Labute approximate surface area is 166 Å². The zero-order valence-corrected chi connectivity index (χ0v) is 15.9. The topological polar surface area (TPSA) is 54.1 Å². The molecule has 2 N–H and O–H groups in total. The van der Waals surface area contributed by atoms with E-state index in [9.17, 15) is 18.0 Å². The summed E-state index contributed by atoms with van der Waals surface area (Å²) in [5.41, 5.74) is 1.26. The number of para-hydroxylation sites is 1. The van der Waals surface area contributed by atoms with Crippen LogP contribution < -0.4 is 5.32 Å². The molecule has 2 aromatic carbocycles. The zero-order valence-electron chi connectivity index (χ0n) is 15.0. The third kappa shape index (κ3) is 4.85. The Bertz CT molecular complexity index is 940. The predicted octanol–water partition coefficient (Wildman–Crippen LogP) is 5.00. The Morgan fingerprint density at radius 3 is 2.64 bits per heavy atom. The van der Waals surface area contributed by atoms with Crippen LogP contribution >= 0.6 is 12.4 Å². The van der Waals surface area contributed by atoms with Gasteiger partial charge in [0, 0.05) is 29.2 Å². The second-order valence-electron chi connectivity index (χ2n) is 6.05. The van der Waals surface area contributed by atoms with Crippen molar-refractivity contribution in [3.63, 3.8) is 0 Å². The Kier molecular flexibility index (Phi) is 7.10. The van der Waals surface area contributed by atoms with E-state index in [1.54, 1.807) is 19.2 Å².